The summed E-state index contributed by atoms with van der Waals surface area (Å²) in [5, 5.41) is 3.24. The minimum atomic E-state index is 0.165. The van der Waals surface area contributed by atoms with E-state index in [1.807, 2.05) is 4.90 Å². The monoisotopic (exact) mass is 294 g/mol. The number of nitrogens with two attached hydrogens (primary N) is 1. The highest BCUT2D eigenvalue weighted by atomic mass is 16.2. The van der Waals surface area contributed by atoms with Gasteiger partial charge in [-0.15, -0.1) is 0 Å². The first kappa shape index (κ1) is 15.1. The second-order valence-corrected chi connectivity index (χ2v) is 7.05. The van der Waals surface area contributed by atoms with Crippen molar-refractivity contribution in [3.63, 3.8) is 0 Å². The molecule has 1 atom stereocenters. The molecular weight excluding hydrogens is 264 g/mol. The molecule has 1 unspecified atom stereocenters. The number of likely N-dealkylation sites (tertiary alicyclic amines) is 2. The molecule has 0 aromatic heterocycles. The van der Waals surface area contributed by atoms with Crippen LogP contribution in [0.2, 0.25) is 0 Å². The van der Waals surface area contributed by atoms with Gasteiger partial charge in [-0.3, -0.25) is 4.90 Å². The van der Waals surface area contributed by atoms with E-state index in [0.717, 1.165) is 58.3 Å². The Morgan fingerprint density at radius 3 is 2.38 bits per heavy atom. The summed E-state index contributed by atoms with van der Waals surface area (Å²) >= 11 is 0. The number of piperidine rings is 1. The summed E-state index contributed by atoms with van der Waals surface area (Å²) in [5.41, 5.74) is 5.97. The Hall–Kier alpha value is -0.810. The van der Waals surface area contributed by atoms with E-state index < -0.39 is 0 Å². The van der Waals surface area contributed by atoms with E-state index in [1.165, 1.54) is 19.3 Å². The Morgan fingerprint density at radius 2 is 1.67 bits per heavy atom. The molecule has 2 aliphatic heterocycles. The molecule has 3 aliphatic rings. The Kier molecular flexibility index (Phi) is 5.01. The van der Waals surface area contributed by atoms with E-state index in [-0.39, 0.29) is 6.03 Å². The van der Waals surface area contributed by atoms with Crippen molar-refractivity contribution in [1.82, 2.24) is 15.1 Å². The molecule has 1 aliphatic carbocycles. The molecule has 3 rings (SSSR count). The summed E-state index contributed by atoms with van der Waals surface area (Å²) in [4.78, 5) is 16.9. The van der Waals surface area contributed by atoms with Crippen LogP contribution in [0.5, 0.6) is 0 Å². The van der Waals surface area contributed by atoms with Gasteiger partial charge in [0.2, 0.25) is 0 Å². The first-order chi connectivity index (χ1) is 10.2. The van der Waals surface area contributed by atoms with Crippen molar-refractivity contribution < 1.29 is 4.79 Å². The third-order valence-electron chi connectivity index (χ3n) is 5.47. The van der Waals surface area contributed by atoms with E-state index in [9.17, 15) is 4.79 Å². The highest BCUT2D eigenvalue weighted by molar-refractivity contribution is 5.74. The lowest BCUT2D eigenvalue weighted by Crippen LogP contribution is -2.48. The van der Waals surface area contributed by atoms with Crippen molar-refractivity contribution in [2.24, 2.45) is 5.73 Å². The number of urea groups is 1. The van der Waals surface area contributed by atoms with Gasteiger partial charge in [0.05, 0.1) is 0 Å². The Bertz CT molecular complexity index is 348. The van der Waals surface area contributed by atoms with Gasteiger partial charge in [0, 0.05) is 31.2 Å². The molecule has 0 aromatic rings. The van der Waals surface area contributed by atoms with Crippen molar-refractivity contribution in [3.05, 3.63) is 0 Å². The number of hydrogen-bond donors (Lipinski definition) is 2. The fourth-order valence-corrected chi connectivity index (χ4v) is 4.02. The van der Waals surface area contributed by atoms with Crippen LogP contribution in [0.3, 0.4) is 0 Å². The summed E-state index contributed by atoms with van der Waals surface area (Å²) in [5.74, 6) is 0. The zero-order valence-corrected chi connectivity index (χ0v) is 13.1. The fourth-order valence-electron chi connectivity index (χ4n) is 4.02. The quantitative estimate of drug-likeness (QED) is 0.812. The Morgan fingerprint density at radius 1 is 0.952 bits per heavy atom. The van der Waals surface area contributed by atoms with Gasteiger partial charge in [-0.2, -0.15) is 0 Å². The number of nitrogens with one attached hydrogen (secondary N) is 1. The third kappa shape index (κ3) is 3.89. The lowest BCUT2D eigenvalue weighted by Gasteiger charge is -2.34. The predicted octanol–water partition coefficient (Wildman–Crippen LogP) is 1.53. The van der Waals surface area contributed by atoms with Gasteiger partial charge < -0.3 is 16.0 Å². The van der Waals surface area contributed by atoms with Crippen LogP contribution in [0.25, 0.3) is 0 Å². The van der Waals surface area contributed by atoms with Crippen LogP contribution < -0.4 is 11.1 Å². The molecule has 5 heteroatoms. The molecule has 2 amide bonds. The smallest absolute Gasteiger partial charge is 0.317 e. The second kappa shape index (κ2) is 6.97. The van der Waals surface area contributed by atoms with E-state index in [1.54, 1.807) is 0 Å². The van der Waals surface area contributed by atoms with Crippen LogP contribution in [-0.2, 0) is 0 Å². The molecule has 2 heterocycles. The van der Waals surface area contributed by atoms with Crippen molar-refractivity contribution in [2.75, 3.05) is 26.2 Å². The number of amides is 2. The average Bonchev–Trinajstić information content (AvgIpc) is 2.99. The number of rotatable bonds is 2. The van der Waals surface area contributed by atoms with Gasteiger partial charge in [0.15, 0.2) is 0 Å². The lowest BCUT2D eigenvalue weighted by atomic mass is 9.96. The maximum absolute atomic E-state index is 12.4. The highest BCUT2D eigenvalue weighted by Gasteiger charge is 2.32. The van der Waals surface area contributed by atoms with Crippen molar-refractivity contribution in [2.45, 2.75) is 69.5 Å². The molecule has 0 aromatic carbocycles. The first-order valence-corrected chi connectivity index (χ1v) is 8.77. The molecular formula is C16H30N4O. The number of carbonyl (C=O) groups excluding carboxylic acids is 1. The van der Waals surface area contributed by atoms with E-state index in [4.69, 9.17) is 5.73 Å². The molecule has 3 fully saturated rings. The number of nitrogens with zero attached hydrogens (tertiary/aromatic N) is 2. The minimum absolute atomic E-state index is 0.165. The lowest BCUT2D eigenvalue weighted by molar-refractivity contribution is 0.151. The molecule has 2 saturated heterocycles. The maximum atomic E-state index is 12.4. The normalized spacial score (nSPS) is 29.8. The molecule has 120 valence electrons. The summed E-state index contributed by atoms with van der Waals surface area (Å²) < 4.78 is 0. The zero-order valence-electron chi connectivity index (χ0n) is 13.1. The first-order valence-electron chi connectivity index (χ1n) is 8.77. The molecule has 1 saturated carbocycles. The van der Waals surface area contributed by atoms with Crippen LogP contribution in [0.15, 0.2) is 0 Å². The van der Waals surface area contributed by atoms with Crippen molar-refractivity contribution in [1.29, 1.82) is 0 Å². The largest absolute Gasteiger partial charge is 0.335 e. The Balaban J connectivity index is 1.44. The molecule has 21 heavy (non-hydrogen) atoms. The Labute approximate surface area is 128 Å². The molecule has 0 radical (unpaired) electrons. The van der Waals surface area contributed by atoms with E-state index in [0.29, 0.717) is 18.1 Å². The molecule has 0 spiro atoms. The predicted molar refractivity (Wildman–Crippen MR) is 84.2 cm³/mol. The van der Waals surface area contributed by atoms with Crippen molar-refractivity contribution in [3.8, 4) is 0 Å². The van der Waals surface area contributed by atoms with Gasteiger partial charge in [0.25, 0.3) is 0 Å². The van der Waals surface area contributed by atoms with Crippen LogP contribution in [-0.4, -0.2) is 60.1 Å². The topological polar surface area (TPSA) is 61.6 Å². The zero-order chi connectivity index (χ0) is 14.7. The van der Waals surface area contributed by atoms with Crippen molar-refractivity contribution >= 4 is 6.03 Å². The molecule has 5 nitrogen and oxygen atoms in total. The van der Waals surface area contributed by atoms with Crippen LogP contribution in [0.1, 0.15) is 51.4 Å². The molecule has 0 bridgehead atoms. The summed E-state index contributed by atoms with van der Waals surface area (Å²) in [7, 11) is 0. The van der Waals surface area contributed by atoms with Crippen LogP contribution in [0, 0.1) is 0 Å². The molecule has 3 N–H and O–H groups in total. The van der Waals surface area contributed by atoms with Gasteiger partial charge in [0.1, 0.15) is 0 Å². The van der Waals surface area contributed by atoms with Crippen LogP contribution in [0.4, 0.5) is 4.79 Å². The van der Waals surface area contributed by atoms with E-state index >= 15 is 0 Å². The second-order valence-electron chi connectivity index (χ2n) is 7.05. The number of hydrogen-bond acceptors (Lipinski definition) is 3. The maximum Gasteiger partial charge on any atom is 0.317 e. The summed E-state index contributed by atoms with van der Waals surface area (Å²) in [6, 6.07) is 1.51. The summed E-state index contributed by atoms with van der Waals surface area (Å²) in [6.07, 6.45) is 9.50. The van der Waals surface area contributed by atoms with Gasteiger partial charge in [-0.1, -0.05) is 19.3 Å². The van der Waals surface area contributed by atoms with Gasteiger partial charge in [-0.25, -0.2) is 4.79 Å². The SMILES string of the molecule is NC1CCN(C2CCN(C(=O)NC3CCCCC3)C2)CC1. The third-order valence-corrected chi connectivity index (χ3v) is 5.47. The fraction of sp³-hybridized carbons (Fsp3) is 0.938. The minimum Gasteiger partial charge on any atom is -0.335 e. The van der Waals surface area contributed by atoms with E-state index in [2.05, 4.69) is 10.2 Å². The summed E-state index contributed by atoms with van der Waals surface area (Å²) in [6.45, 7) is 4.01. The highest BCUT2D eigenvalue weighted by Crippen LogP contribution is 2.21. The van der Waals surface area contributed by atoms with Gasteiger partial charge in [-0.05, 0) is 45.2 Å². The van der Waals surface area contributed by atoms with Gasteiger partial charge >= 0.3 is 6.03 Å². The standard InChI is InChI=1S/C16H30N4O/c17-13-6-9-19(10-7-13)15-8-11-20(12-15)16(21)18-14-4-2-1-3-5-14/h13-15H,1-12,17H2,(H,18,21). The van der Waals surface area contributed by atoms with Crippen LogP contribution >= 0.6 is 0 Å². The number of carbonyl (C=O) groups is 1. The average molecular weight is 294 g/mol.